The van der Waals surface area contributed by atoms with E-state index >= 15 is 0 Å². The van der Waals surface area contributed by atoms with E-state index in [1.807, 2.05) is 30.3 Å². The molecule has 2 aromatic heterocycles. The van der Waals surface area contributed by atoms with Gasteiger partial charge < -0.3 is 5.32 Å². The number of rotatable bonds is 5. The summed E-state index contributed by atoms with van der Waals surface area (Å²) in [6.07, 6.45) is 1.41. The van der Waals surface area contributed by atoms with Crippen LogP contribution >= 0.6 is 0 Å². The minimum Gasteiger partial charge on any atom is -0.323 e. The normalized spacial score (nSPS) is 11.0. The van der Waals surface area contributed by atoms with Gasteiger partial charge in [-0.3, -0.25) is 5.10 Å². The Morgan fingerprint density at radius 3 is 2.62 bits per heavy atom. The Kier molecular flexibility index (Phi) is 4.31. The fourth-order valence-electron chi connectivity index (χ4n) is 2.81. The first kappa shape index (κ1) is 16.2. The third-order valence-electron chi connectivity index (χ3n) is 4.18. The van der Waals surface area contributed by atoms with Crippen molar-refractivity contribution in [2.24, 2.45) is 0 Å². The molecule has 4 rings (SSSR count). The molecule has 0 saturated heterocycles. The predicted octanol–water partition coefficient (Wildman–Crippen LogP) is 4.39. The van der Waals surface area contributed by atoms with E-state index in [1.165, 1.54) is 12.1 Å². The van der Waals surface area contributed by atoms with Crippen molar-refractivity contribution in [3.63, 3.8) is 0 Å². The molecule has 5 nitrogen and oxygen atoms in total. The molecule has 130 valence electrons. The van der Waals surface area contributed by atoms with Crippen molar-refractivity contribution in [1.29, 1.82) is 0 Å². The van der Waals surface area contributed by atoms with E-state index in [0.717, 1.165) is 34.4 Å². The summed E-state index contributed by atoms with van der Waals surface area (Å²) in [7, 11) is 0. The second-order valence-electron chi connectivity index (χ2n) is 6.07. The molecule has 0 bridgehead atoms. The Morgan fingerprint density at radius 1 is 1.04 bits per heavy atom. The van der Waals surface area contributed by atoms with Gasteiger partial charge in [0.2, 0.25) is 0 Å². The van der Waals surface area contributed by atoms with Gasteiger partial charge in [0.25, 0.3) is 0 Å². The molecule has 0 fully saturated rings. The fourth-order valence-corrected chi connectivity index (χ4v) is 2.81. The highest BCUT2D eigenvalue weighted by Crippen LogP contribution is 2.24. The smallest absolute Gasteiger partial charge is 0.153 e. The van der Waals surface area contributed by atoms with Gasteiger partial charge in [-0.1, -0.05) is 31.2 Å². The number of fused-ring (bicyclic) bond motifs is 1. The summed E-state index contributed by atoms with van der Waals surface area (Å²) in [6, 6.07) is 16.2. The third-order valence-corrected chi connectivity index (χ3v) is 4.18. The Labute approximate surface area is 150 Å². The maximum Gasteiger partial charge on any atom is 0.153 e. The Bertz CT molecular complexity index is 1040. The fraction of sp³-hybridized carbons (Fsp3) is 0.150. The van der Waals surface area contributed by atoms with Crippen molar-refractivity contribution < 1.29 is 4.39 Å². The first-order chi connectivity index (χ1) is 12.7. The van der Waals surface area contributed by atoms with Gasteiger partial charge >= 0.3 is 0 Å². The number of anilines is 2. The highest BCUT2D eigenvalue weighted by molar-refractivity contribution is 5.90. The molecular formula is C20H18FN5. The maximum atomic E-state index is 13.1. The standard InChI is InChI=1S/C20H18FN5/c1-2-15-12-19(26-25-15)24-20-16-5-3-4-6-17(16)22-18(23-20)11-13-7-9-14(21)10-8-13/h3-10,12H,2,11H2,1H3,(H2,22,23,24,25,26). The van der Waals surface area contributed by atoms with Crippen LogP contribution in [0.5, 0.6) is 0 Å². The van der Waals surface area contributed by atoms with Gasteiger partial charge in [0.15, 0.2) is 5.82 Å². The number of H-pyrrole nitrogens is 1. The first-order valence-electron chi connectivity index (χ1n) is 8.52. The number of hydrogen-bond acceptors (Lipinski definition) is 4. The monoisotopic (exact) mass is 347 g/mol. The van der Waals surface area contributed by atoms with Gasteiger partial charge in [-0.05, 0) is 36.2 Å². The summed E-state index contributed by atoms with van der Waals surface area (Å²) >= 11 is 0. The molecule has 0 amide bonds. The van der Waals surface area contributed by atoms with E-state index in [0.29, 0.717) is 18.1 Å². The van der Waals surface area contributed by atoms with Crippen LogP contribution in [-0.2, 0) is 12.8 Å². The van der Waals surface area contributed by atoms with Crippen LogP contribution in [0.15, 0.2) is 54.6 Å². The first-order valence-corrected chi connectivity index (χ1v) is 8.52. The number of nitrogens with one attached hydrogen (secondary N) is 2. The number of aryl methyl sites for hydroxylation is 1. The molecule has 0 aliphatic heterocycles. The van der Waals surface area contributed by atoms with Crippen LogP contribution in [0.3, 0.4) is 0 Å². The molecule has 4 aromatic rings. The molecule has 0 unspecified atom stereocenters. The average Bonchev–Trinajstić information content (AvgIpc) is 3.11. The number of nitrogens with zero attached hydrogens (tertiary/aromatic N) is 3. The van der Waals surface area contributed by atoms with Crippen LogP contribution in [0.4, 0.5) is 16.0 Å². The van der Waals surface area contributed by atoms with Crippen LogP contribution in [0, 0.1) is 5.82 Å². The average molecular weight is 347 g/mol. The lowest BCUT2D eigenvalue weighted by Crippen LogP contribution is -2.03. The number of benzene rings is 2. The van der Waals surface area contributed by atoms with Crippen molar-refractivity contribution in [3.05, 3.63) is 77.5 Å². The van der Waals surface area contributed by atoms with Gasteiger partial charge in [-0.2, -0.15) is 5.10 Å². The zero-order valence-corrected chi connectivity index (χ0v) is 14.3. The lowest BCUT2D eigenvalue weighted by molar-refractivity contribution is 0.627. The summed E-state index contributed by atoms with van der Waals surface area (Å²) in [6.45, 7) is 2.07. The summed E-state index contributed by atoms with van der Waals surface area (Å²) in [5.41, 5.74) is 2.87. The summed E-state index contributed by atoms with van der Waals surface area (Å²) in [5, 5.41) is 11.5. The SMILES string of the molecule is CCc1cc(Nc2nc(Cc3ccc(F)cc3)nc3ccccc23)n[nH]1. The molecule has 0 atom stereocenters. The molecular weight excluding hydrogens is 329 g/mol. The molecule has 6 heteroatoms. The Hall–Kier alpha value is -3.28. The van der Waals surface area contributed by atoms with Crippen LogP contribution in [0.25, 0.3) is 10.9 Å². The van der Waals surface area contributed by atoms with E-state index in [2.05, 4.69) is 32.4 Å². The highest BCUT2D eigenvalue weighted by atomic mass is 19.1. The van der Waals surface area contributed by atoms with Crippen LogP contribution in [0.1, 0.15) is 24.0 Å². The van der Waals surface area contributed by atoms with Gasteiger partial charge in [0, 0.05) is 23.6 Å². The Balaban J connectivity index is 1.71. The highest BCUT2D eigenvalue weighted by Gasteiger charge is 2.10. The number of halogens is 1. The van der Waals surface area contributed by atoms with E-state index in [4.69, 9.17) is 0 Å². The zero-order chi connectivity index (χ0) is 17.9. The zero-order valence-electron chi connectivity index (χ0n) is 14.3. The summed E-state index contributed by atoms with van der Waals surface area (Å²) in [4.78, 5) is 9.32. The quantitative estimate of drug-likeness (QED) is 0.562. The molecule has 2 heterocycles. The summed E-state index contributed by atoms with van der Waals surface area (Å²) in [5.74, 6) is 1.85. The molecule has 0 radical (unpaired) electrons. The minimum absolute atomic E-state index is 0.249. The van der Waals surface area contributed by atoms with E-state index in [1.54, 1.807) is 12.1 Å². The van der Waals surface area contributed by atoms with Crippen molar-refractivity contribution in [2.75, 3.05) is 5.32 Å². The molecule has 2 aromatic carbocycles. The van der Waals surface area contributed by atoms with Gasteiger partial charge in [0.1, 0.15) is 17.5 Å². The second kappa shape index (κ2) is 6.92. The van der Waals surface area contributed by atoms with E-state index in [9.17, 15) is 4.39 Å². The van der Waals surface area contributed by atoms with Crippen molar-refractivity contribution in [2.45, 2.75) is 19.8 Å². The number of hydrogen-bond donors (Lipinski definition) is 2. The number of aromatic nitrogens is 4. The lowest BCUT2D eigenvalue weighted by atomic mass is 10.1. The third kappa shape index (κ3) is 3.39. The largest absolute Gasteiger partial charge is 0.323 e. The Morgan fingerprint density at radius 2 is 1.85 bits per heavy atom. The van der Waals surface area contributed by atoms with Crippen molar-refractivity contribution in [3.8, 4) is 0 Å². The molecule has 0 aliphatic rings. The summed E-state index contributed by atoms with van der Waals surface area (Å²) < 4.78 is 13.1. The maximum absolute atomic E-state index is 13.1. The van der Waals surface area contributed by atoms with Gasteiger partial charge in [0.05, 0.1) is 5.52 Å². The van der Waals surface area contributed by atoms with E-state index in [-0.39, 0.29) is 5.82 Å². The molecule has 0 aliphatic carbocycles. The van der Waals surface area contributed by atoms with Crippen LogP contribution in [-0.4, -0.2) is 20.2 Å². The minimum atomic E-state index is -0.249. The molecule has 2 N–H and O–H groups in total. The van der Waals surface area contributed by atoms with Crippen LogP contribution < -0.4 is 5.32 Å². The van der Waals surface area contributed by atoms with Crippen molar-refractivity contribution in [1.82, 2.24) is 20.2 Å². The van der Waals surface area contributed by atoms with Gasteiger partial charge in [-0.15, -0.1) is 0 Å². The molecule has 0 spiro atoms. The van der Waals surface area contributed by atoms with Crippen molar-refractivity contribution >= 4 is 22.5 Å². The topological polar surface area (TPSA) is 66.5 Å². The second-order valence-corrected chi connectivity index (χ2v) is 6.07. The van der Waals surface area contributed by atoms with Crippen LogP contribution in [0.2, 0.25) is 0 Å². The number of aromatic amines is 1. The molecule has 26 heavy (non-hydrogen) atoms. The van der Waals surface area contributed by atoms with E-state index < -0.39 is 0 Å². The molecule has 0 saturated carbocycles. The predicted molar refractivity (Wildman–Crippen MR) is 100.0 cm³/mol. The number of para-hydroxylation sites is 1. The lowest BCUT2D eigenvalue weighted by Gasteiger charge is -2.09. The van der Waals surface area contributed by atoms with Gasteiger partial charge in [-0.25, -0.2) is 14.4 Å².